The third kappa shape index (κ3) is 5.15. The molecule has 0 heterocycles. The van der Waals surface area contributed by atoms with Crippen LogP contribution in [0.15, 0.2) is 36.4 Å². The minimum atomic E-state index is -1.06. The second-order valence-corrected chi connectivity index (χ2v) is 6.06. The minimum absolute atomic E-state index is 0.128. The number of anilines is 1. The summed E-state index contributed by atoms with van der Waals surface area (Å²) in [4.78, 5) is 24.6. The van der Waals surface area contributed by atoms with E-state index in [1.165, 1.54) is 26.2 Å². The Labute approximate surface area is 167 Å². The molecule has 1 atom stereocenters. The van der Waals surface area contributed by atoms with Crippen molar-refractivity contribution in [2.45, 2.75) is 20.0 Å². The van der Waals surface area contributed by atoms with Crippen LogP contribution >= 0.6 is 11.6 Å². The minimum Gasteiger partial charge on any atom is -0.493 e. The standard InChI is InChI=1S/C20H19ClN2O5/c1-4-27-18-16(21)9-14(10-17(18)26-3)20(25)28-12(2)19(24)23-15-7-5-13(11-22)6-8-15/h5-10,12H,4H2,1-3H3,(H,23,24)/t12-/m1/s1. The van der Waals surface area contributed by atoms with Crippen LogP contribution in [0.5, 0.6) is 11.5 Å². The molecule has 2 rings (SSSR count). The van der Waals surface area contributed by atoms with E-state index < -0.39 is 18.0 Å². The molecular formula is C20H19ClN2O5. The van der Waals surface area contributed by atoms with Crippen LogP contribution < -0.4 is 14.8 Å². The molecule has 8 heteroatoms. The molecule has 2 aromatic rings. The van der Waals surface area contributed by atoms with Crippen molar-refractivity contribution in [1.82, 2.24) is 0 Å². The first-order valence-electron chi connectivity index (χ1n) is 8.42. The Bertz CT molecular complexity index is 906. The van der Waals surface area contributed by atoms with E-state index in [2.05, 4.69) is 5.32 Å². The van der Waals surface area contributed by atoms with Crippen LogP contribution in [0.25, 0.3) is 0 Å². The van der Waals surface area contributed by atoms with Crippen LogP contribution in [-0.2, 0) is 9.53 Å². The van der Waals surface area contributed by atoms with E-state index in [1.54, 1.807) is 31.2 Å². The van der Waals surface area contributed by atoms with Gasteiger partial charge in [0, 0.05) is 5.69 Å². The van der Waals surface area contributed by atoms with Crippen LogP contribution in [0, 0.1) is 11.3 Å². The van der Waals surface area contributed by atoms with Crippen LogP contribution in [0.3, 0.4) is 0 Å². The summed E-state index contributed by atoms with van der Waals surface area (Å²) >= 11 is 6.15. The van der Waals surface area contributed by atoms with Gasteiger partial charge in [-0.05, 0) is 50.2 Å². The Balaban J connectivity index is 2.07. The first kappa shape index (κ1) is 21.1. The lowest BCUT2D eigenvalue weighted by molar-refractivity contribution is -0.123. The molecule has 1 N–H and O–H groups in total. The Hall–Kier alpha value is -3.24. The average molecular weight is 403 g/mol. The van der Waals surface area contributed by atoms with E-state index in [4.69, 9.17) is 31.1 Å². The number of hydrogen-bond acceptors (Lipinski definition) is 6. The van der Waals surface area contributed by atoms with Crippen molar-refractivity contribution in [3.63, 3.8) is 0 Å². The fraction of sp³-hybridized carbons (Fsp3) is 0.250. The number of methoxy groups -OCH3 is 1. The van der Waals surface area contributed by atoms with Crippen molar-refractivity contribution < 1.29 is 23.8 Å². The number of carbonyl (C=O) groups excluding carboxylic acids is 2. The maximum absolute atomic E-state index is 12.4. The molecule has 28 heavy (non-hydrogen) atoms. The number of rotatable bonds is 7. The number of carbonyl (C=O) groups is 2. The highest BCUT2D eigenvalue weighted by Gasteiger charge is 2.22. The van der Waals surface area contributed by atoms with Gasteiger partial charge in [0.1, 0.15) is 0 Å². The lowest BCUT2D eigenvalue weighted by atomic mass is 10.2. The molecule has 0 fully saturated rings. The molecule has 7 nitrogen and oxygen atoms in total. The molecule has 146 valence electrons. The zero-order valence-electron chi connectivity index (χ0n) is 15.6. The summed E-state index contributed by atoms with van der Waals surface area (Å²) in [5, 5.41) is 11.6. The van der Waals surface area contributed by atoms with Crippen molar-refractivity contribution in [2.75, 3.05) is 19.0 Å². The summed E-state index contributed by atoms with van der Waals surface area (Å²) in [6, 6.07) is 11.1. The van der Waals surface area contributed by atoms with Gasteiger partial charge in [0.15, 0.2) is 17.6 Å². The lowest BCUT2D eigenvalue weighted by Crippen LogP contribution is -2.30. The maximum Gasteiger partial charge on any atom is 0.339 e. The van der Waals surface area contributed by atoms with Gasteiger partial charge < -0.3 is 19.5 Å². The molecule has 0 aliphatic carbocycles. The third-order valence-corrected chi connectivity index (χ3v) is 3.97. The monoisotopic (exact) mass is 402 g/mol. The van der Waals surface area contributed by atoms with Gasteiger partial charge in [-0.15, -0.1) is 0 Å². The van der Waals surface area contributed by atoms with Gasteiger partial charge in [-0.2, -0.15) is 5.26 Å². The van der Waals surface area contributed by atoms with E-state index in [9.17, 15) is 9.59 Å². The van der Waals surface area contributed by atoms with Gasteiger partial charge in [0.2, 0.25) is 0 Å². The van der Waals surface area contributed by atoms with Gasteiger partial charge in [-0.1, -0.05) is 11.6 Å². The van der Waals surface area contributed by atoms with Gasteiger partial charge in [0.05, 0.1) is 35.9 Å². The molecule has 0 saturated heterocycles. The lowest BCUT2D eigenvalue weighted by Gasteiger charge is -2.15. The molecule has 0 aromatic heterocycles. The van der Waals surface area contributed by atoms with Gasteiger partial charge in [0.25, 0.3) is 5.91 Å². The summed E-state index contributed by atoms with van der Waals surface area (Å²) < 4.78 is 15.8. The molecule has 0 saturated carbocycles. The molecule has 0 aliphatic rings. The first-order chi connectivity index (χ1) is 13.4. The fourth-order valence-electron chi connectivity index (χ4n) is 2.28. The molecule has 1 amide bonds. The van der Waals surface area contributed by atoms with Crippen LogP contribution in [0.1, 0.15) is 29.8 Å². The predicted octanol–water partition coefficient (Wildman–Crippen LogP) is 3.80. The molecule has 0 bridgehead atoms. The molecule has 0 spiro atoms. The quantitative estimate of drug-likeness (QED) is 0.707. The molecule has 0 unspecified atom stereocenters. The predicted molar refractivity (Wildman–Crippen MR) is 104 cm³/mol. The zero-order valence-corrected chi connectivity index (χ0v) is 16.4. The van der Waals surface area contributed by atoms with Crippen LogP contribution in [-0.4, -0.2) is 31.7 Å². The van der Waals surface area contributed by atoms with Crippen molar-refractivity contribution in [2.24, 2.45) is 0 Å². The number of amides is 1. The number of nitrogens with zero attached hydrogens (tertiary/aromatic N) is 1. The summed E-state index contributed by atoms with van der Waals surface area (Å²) in [6.45, 7) is 3.63. The summed E-state index contributed by atoms with van der Waals surface area (Å²) in [5.41, 5.74) is 1.08. The van der Waals surface area contributed by atoms with Crippen LogP contribution in [0.4, 0.5) is 5.69 Å². The van der Waals surface area contributed by atoms with E-state index >= 15 is 0 Å². The number of nitriles is 1. The SMILES string of the molecule is CCOc1c(Cl)cc(C(=O)O[C@H](C)C(=O)Nc2ccc(C#N)cc2)cc1OC. The average Bonchev–Trinajstić information content (AvgIpc) is 2.69. The highest BCUT2D eigenvalue weighted by Crippen LogP contribution is 2.36. The first-order valence-corrected chi connectivity index (χ1v) is 8.79. The fourth-order valence-corrected chi connectivity index (χ4v) is 2.54. The highest BCUT2D eigenvalue weighted by atomic mass is 35.5. The van der Waals surface area contributed by atoms with Crippen LogP contribution in [0.2, 0.25) is 5.02 Å². The van der Waals surface area contributed by atoms with Crippen molar-refractivity contribution in [3.05, 3.63) is 52.5 Å². The Kier molecular flexibility index (Phi) is 7.24. The number of ether oxygens (including phenoxy) is 3. The third-order valence-electron chi connectivity index (χ3n) is 3.69. The molecule has 0 radical (unpaired) electrons. The molecular weight excluding hydrogens is 384 g/mol. The highest BCUT2D eigenvalue weighted by molar-refractivity contribution is 6.32. The summed E-state index contributed by atoms with van der Waals surface area (Å²) in [5.74, 6) is -0.626. The topological polar surface area (TPSA) is 97.6 Å². The van der Waals surface area contributed by atoms with E-state index in [-0.39, 0.29) is 16.3 Å². The molecule has 0 aliphatic heterocycles. The van der Waals surface area contributed by atoms with Gasteiger partial charge in [-0.25, -0.2) is 4.79 Å². The van der Waals surface area contributed by atoms with E-state index in [0.717, 1.165) is 0 Å². The number of nitrogens with one attached hydrogen (secondary N) is 1. The second kappa shape index (κ2) is 9.62. The number of halogens is 1. The number of hydrogen-bond donors (Lipinski definition) is 1. The summed E-state index contributed by atoms with van der Waals surface area (Å²) in [7, 11) is 1.43. The smallest absolute Gasteiger partial charge is 0.339 e. The number of benzene rings is 2. The Morgan fingerprint density at radius 3 is 2.50 bits per heavy atom. The second-order valence-electron chi connectivity index (χ2n) is 5.65. The summed E-state index contributed by atoms with van der Waals surface area (Å²) in [6.07, 6.45) is -1.06. The zero-order chi connectivity index (χ0) is 20.7. The Morgan fingerprint density at radius 1 is 1.25 bits per heavy atom. The maximum atomic E-state index is 12.4. The van der Waals surface area contributed by atoms with Crippen molar-refractivity contribution in [3.8, 4) is 17.6 Å². The Morgan fingerprint density at radius 2 is 1.93 bits per heavy atom. The number of esters is 1. The van der Waals surface area contributed by atoms with Gasteiger partial charge in [-0.3, -0.25) is 4.79 Å². The van der Waals surface area contributed by atoms with Gasteiger partial charge >= 0.3 is 5.97 Å². The molecule has 2 aromatic carbocycles. The normalized spacial score (nSPS) is 11.1. The van der Waals surface area contributed by atoms with E-state index in [1.807, 2.05) is 6.07 Å². The van der Waals surface area contributed by atoms with E-state index in [0.29, 0.717) is 23.6 Å². The largest absolute Gasteiger partial charge is 0.493 e. The van der Waals surface area contributed by atoms with Crippen molar-refractivity contribution >= 4 is 29.2 Å². The van der Waals surface area contributed by atoms with Crippen molar-refractivity contribution in [1.29, 1.82) is 5.26 Å².